The molecule has 17 nitrogen and oxygen atoms in total. The zero-order valence-corrected chi connectivity index (χ0v) is 40.0. The molecule has 3 aromatic rings. The zero-order valence-electron chi connectivity index (χ0n) is 39.1. The number of nitrogens with zero attached hydrogens (tertiary/aromatic N) is 6. The number of amides is 3. The average Bonchev–Trinajstić information content (AvgIpc) is 4.05. The predicted molar refractivity (Wildman–Crippen MR) is 242 cm³/mol. The van der Waals surface area contributed by atoms with Gasteiger partial charge in [0.25, 0.3) is 0 Å². The first-order chi connectivity index (χ1) is 32.4. The molecule has 6 aliphatic rings. The van der Waals surface area contributed by atoms with Crippen LogP contribution in [0.25, 0.3) is 0 Å². The summed E-state index contributed by atoms with van der Waals surface area (Å²) >= 11 is 0. The maximum absolute atomic E-state index is 16.2. The molecule has 3 fully saturated rings. The van der Waals surface area contributed by atoms with Gasteiger partial charge in [0.05, 0.1) is 66.2 Å². The molecule has 0 bridgehead atoms. The van der Waals surface area contributed by atoms with E-state index in [0.717, 1.165) is 0 Å². The first-order valence-corrected chi connectivity index (χ1v) is 24.6. The average molecular weight is 947 g/mol. The minimum atomic E-state index is -4.96. The van der Waals surface area contributed by atoms with Crippen LogP contribution in [0.5, 0.6) is 17.2 Å². The molecule has 18 heteroatoms. The lowest BCUT2D eigenvalue weighted by atomic mass is 9.84. The highest BCUT2D eigenvalue weighted by Gasteiger charge is 2.57. The van der Waals surface area contributed by atoms with Crippen molar-refractivity contribution in [3.63, 3.8) is 0 Å². The first-order valence-electron chi connectivity index (χ1n) is 23.2. The Hall–Kier alpha value is -5.99. The Balaban J connectivity index is 1.10. The number of hydrogen-bond donors (Lipinski definition) is 0. The molecule has 0 saturated carbocycles. The van der Waals surface area contributed by atoms with E-state index in [9.17, 15) is 30.2 Å². The third kappa shape index (κ3) is 8.59. The highest BCUT2D eigenvalue weighted by atomic mass is 31.2. The molecular weight excluding hydrogens is 892 g/mol. The number of ether oxygens (including phenoxy) is 4. The van der Waals surface area contributed by atoms with Crippen LogP contribution in [0.4, 0.5) is 0 Å². The summed E-state index contributed by atoms with van der Waals surface area (Å²) in [4.78, 5) is 45.9. The van der Waals surface area contributed by atoms with Crippen molar-refractivity contribution in [3.05, 3.63) is 88.0 Å². The van der Waals surface area contributed by atoms with E-state index in [1.807, 2.05) is 13.8 Å². The number of benzene rings is 3. The van der Waals surface area contributed by atoms with Crippen molar-refractivity contribution in [2.45, 2.75) is 133 Å². The molecule has 0 unspecified atom stereocenters. The number of fused-ring (bicyclic) bond motifs is 3. The smallest absolute Gasteiger partial charge is 0.475 e. The monoisotopic (exact) mass is 946 g/mol. The van der Waals surface area contributed by atoms with Gasteiger partial charge in [0.15, 0.2) is 0 Å². The van der Waals surface area contributed by atoms with Crippen LogP contribution < -0.4 is 14.2 Å². The number of carbonyl (C=O) groups is 3. The second-order valence-electron chi connectivity index (χ2n) is 19.7. The Labute approximate surface area is 395 Å². The minimum absolute atomic E-state index is 0.0594. The van der Waals surface area contributed by atoms with Crippen LogP contribution in [0.1, 0.15) is 132 Å². The lowest BCUT2D eigenvalue weighted by molar-refractivity contribution is -0.153. The fraction of sp³-hybridized carbons (Fsp3) is 0.520. The van der Waals surface area contributed by atoms with Crippen molar-refractivity contribution in [1.82, 2.24) is 14.7 Å². The Morgan fingerprint density at radius 2 is 0.897 bits per heavy atom. The number of carbonyl (C=O) groups excluding carboxylic acids is 3. The van der Waals surface area contributed by atoms with Gasteiger partial charge in [-0.15, -0.1) is 0 Å². The Kier molecular flexibility index (Phi) is 12.3. The van der Waals surface area contributed by atoms with Crippen LogP contribution in [-0.4, -0.2) is 100 Å². The summed E-state index contributed by atoms with van der Waals surface area (Å²) in [5, 5.41) is 29.8. The lowest BCUT2D eigenvalue weighted by Crippen LogP contribution is -2.56. The van der Waals surface area contributed by atoms with Gasteiger partial charge < -0.3 is 33.6 Å². The summed E-state index contributed by atoms with van der Waals surface area (Å²) in [6.07, 6.45) is -0.551. The maximum Gasteiger partial charge on any atom is 0.475 e. The minimum Gasteiger partial charge on any atom is -0.485 e. The number of phosphoric acid groups is 1. The van der Waals surface area contributed by atoms with Gasteiger partial charge in [0, 0.05) is 55.6 Å². The largest absolute Gasteiger partial charge is 0.485 e. The van der Waals surface area contributed by atoms with Gasteiger partial charge in [-0.25, -0.2) is 4.57 Å². The molecule has 3 saturated heterocycles. The number of hydrogen-bond acceptors (Lipinski definition) is 14. The molecule has 6 atom stereocenters. The molecule has 0 aliphatic carbocycles. The van der Waals surface area contributed by atoms with Gasteiger partial charge in [0.2, 0.25) is 17.7 Å². The van der Waals surface area contributed by atoms with Gasteiger partial charge in [-0.3, -0.25) is 28.0 Å². The quantitative estimate of drug-likeness (QED) is 0.127. The molecule has 0 N–H and O–H groups in total. The van der Waals surface area contributed by atoms with E-state index in [1.54, 1.807) is 97.0 Å². The van der Waals surface area contributed by atoms with Crippen LogP contribution in [0.3, 0.4) is 0 Å². The van der Waals surface area contributed by atoms with E-state index in [2.05, 4.69) is 18.2 Å². The molecule has 3 amide bonds. The van der Waals surface area contributed by atoms with Gasteiger partial charge in [-0.05, 0) is 115 Å². The van der Waals surface area contributed by atoms with Crippen LogP contribution in [0, 0.1) is 34.0 Å². The maximum atomic E-state index is 16.2. The van der Waals surface area contributed by atoms with Gasteiger partial charge in [0.1, 0.15) is 52.4 Å². The van der Waals surface area contributed by atoms with Crippen molar-refractivity contribution in [2.24, 2.45) is 0 Å². The third-order valence-corrected chi connectivity index (χ3v) is 15.3. The van der Waals surface area contributed by atoms with Crippen LogP contribution >= 0.6 is 7.82 Å². The lowest BCUT2D eigenvalue weighted by Gasteiger charge is -2.50. The van der Waals surface area contributed by atoms with Gasteiger partial charge >= 0.3 is 7.82 Å². The van der Waals surface area contributed by atoms with E-state index in [0.29, 0.717) is 95.9 Å². The molecule has 3 aromatic carbocycles. The first kappa shape index (κ1) is 47.1. The van der Waals surface area contributed by atoms with Crippen molar-refractivity contribution in [2.75, 3.05) is 32.8 Å². The van der Waals surface area contributed by atoms with Crippen LogP contribution in [0.15, 0.2) is 54.6 Å². The topological polar surface area (TPSA) is 214 Å². The normalized spacial score (nSPS) is 26.6. The predicted octanol–water partition coefficient (Wildman–Crippen LogP) is 7.49. The second kappa shape index (κ2) is 17.8. The fourth-order valence-electron chi connectivity index (χ4n) is 10.7. The van der Waals surface area contributed by atoms with Crippen molar-refractivity contribution < 1.29 is 51.5 Å². The Morgan fingerprint density at radius 1 is 0.559 bits per heavy atom. The fourth-order valence-corrected chi connectivity index (χ4v) is 12.5. The van der Waals surface area contributed by atoms with Gasteiger partial charge in [-0.1, -0.05) is 0 Å². The molecule has 356 valence electrons. The van der Waals surface area contributed by atoms with E-state index in [-0.39, 0.29) is 43.8 Å². The summed E-state index contributed by atoms with van der Waals surface area (Å²) in [7, 11) is -4.96. The van der Waals surface area contributed by atoms with Crippen molar-refractivity contribution in [1.29, 1.82) is 15.8 Å². The van der Waals surface area contributed by atoms with Crippen molar-refractivity contribution >= 4 is 25.5 Å². The Bertz CT molecular complexity index is 2600. The summed E-state index contributed by atoms with van der Waals surface area (Å²) < 4.78 is 62.5. The summed E-state index contributed by atoms with van der Waals surface area (Å²) in [5.41, 5.74) is -0.954. The summed E-state index contributed by atoms with van der Waals surface area (Å²) in [5.74, 6) is 0.997. The number of nitriles is 3. The molecule has 6 heterocycles. The highest BCUT2D eigenvalue weighted by Crippen LogP contribution is 2.61. The second-order valence-corrected chi connectivity index (χ2v) is 21.3. The summed E-state index contributed by atoms with van der Waals surface area (Å²) in [6, 6.07) is 19.1. The van der Waals surface area contributed by atoms with E-state index < -0.39 is 61.1 Å². The third-order valence-electron chi connectivity index (χ3n) is 13.9. The molecule has 0 aromatic heterocycles. The molecule has 9 rings (SSSR count). The molecular formula is C50H55N6O11P. The number of phosphoric ester groups is 1. The Morgan fingerprint density at radius 3 is 1.22 bits per heavy atom. The van der Waals surface area contributed by atoms with E-state index in [1.165, 1.54) is 0 Å². The van der Waals surface area contributed by atoms with E-state index >= 15 is 4.57 Å². The van der Waals surface area contributed by atoms with E-state index in [4.69, 9.17) is 32.5 Å². The highest BCUT2D eigenvalue weighted by molar-refractivity contribution is 7.48. The number of rotatable bonds is 12. The molecule has 0 radical (unpaired) electrons. The van der Waals surface area contributed by atoms with Crippen LogP contribution in [0.2, 0.25) is 0 Å². The number of likely N-dealkylation sites (tertiary alicyclic amines) is 3. The SMILES string of the molecule is CC1(C)Oc2ccc(C#N)cc2[C@@H](N2CCCC2=O)[C@@H]1OCCOP(=O)(O[C@H]1[C@H](N2CCCC2=O)c2cc(C#N)ccc2OC1(C)C)O[C@H]1[C@H](N2CCCC2=O)c2cc(C#N)ccc2OC1(C)C. The standard InChI is InChI=1S/C50H55N6O11P/c1-48(2)45(42(54-19-7-10-39(54)57)33-24-30(27-51)13-16-36(33)63-48)61-22-23-62-68(60,66-46-43(55-20-8-11-40(55)58)34-25-31(28-52)14-17-37(34)64-49(46,3)4)67-47-44(56-21-9-12-41(56)59)35-26-32(29-53)15-18-38(35)65-50(47,5)6/h13-18,24-26,42-47H,7-12,19-23H2,1-6H3/t42-,43-,44-,45+,46+,47+/m1/s1. The molecule has 68 heavy (non-hydrogen) atoms. The summed E-state index contributed by atoms with van der Waals surface area (Å²) in [6.45, 7) is 11.3. The molecule has 0 spiro atoms. The van der Waals surface area contributed by atoms with Crippen LogP contribution in [-0.2, 0) is 37.3 Å². The molecule has 6 aliphatic heterocycles. The van der Waals surface area contributed by atoms with Crippen molar-refractivity contribution in [3.8, 4) is 35.5 Å². The van der Waals surface area contributed by atoms with Gasteiger partial charge in [-0.2, -0.15) is 15.8 Å². The zero-order chi connectivity index (χ0) is 48.3.